The SMILES string of the molecule is CCc1nn(C)c(NCCN2CCCC2)c1[N+](=O)[O-]. The Hall–Kier alpha value is -1.63. The average Bonchev–Trinajstić information content (AvgIpc) is 2.97. The molecule has 0 unspecified atom stereocenters. The maximum absolute atomic E-state index is 11.1. The number of hydrogen-bond acceptors (Lipinski definition) is 5. The summed E-state index contributed by atoms with van der Waals surface area (Å²) in [6.45, 7) is 5.78. The molecule has 1 aromatic rings. The van der Waals surface area contributed by atoms with Gasteiger partial charge in [-0.3, -0.25) is 10.1 Å². The monoisotopic (exact) mass is 267 g/mol. The highest BCUT2D eigenvalue weighted by atomic mass is 16.6. The molecule has 0 saturated carbocycles. The van der Waals surface area contributed by atoms with Crippen LogP contribution in [0.1, 0.15) is 25.5 Å². The smallest absolute Gasteiger partial charge is 0.333 e. The van der Waals surface area contributed by atoms with Crippen LogP contribution in [0.3, 0.4) is 0 Å². The molecule has 1 aliphatic rings. The third-order valence-electron chi connectivity index (χ3n) is 3.53. The van der Waals surface area contributed by atoms with Crippen molar-refractivity contribution in [2.24, 2.45) is 7.05 Å². The lowest BCUT2D eigenvalue weighted by Gasteiger charge is -2.14. The van der Waals surface area contributed by atoms with Crippen molar-refractivity contribution in [1.29, 1.82) is 0 Å². The molecule has 1 saturated heterocycles. The lowest BCUT2D eigenvalue weighted by atomic mass is 10.3. The molecule has 2 heterocycles. The molecule has 1 aliphatic heterocycles. The van der Waals surface area contributed by atoms with Gasteiger partial charge >= 0.3 is 5.69 Å². The average molecular weight is 267 g/mol. The highest BCUT2D eigenvalue weighted by molar-refractivity contribution is 5.59. The number of aromatic nitrogens is 2. The fourth-order valence-corrected chi connectivity index (χ4v) is 2.54. The minimum absolute atomic E-state index is 0.117. The first-order valence-corrected chi connectivity index (χ1v) is 6.80. The van der Waals surface area contributed by atoms with Crippen molar-refractivity contribution in [3.63, 3.8) is 0 Å². The van der Waals surface area contributed by atoms with Gasteiger partial charge in [-0.25, -0.2) is 4.68 Å². The quantitative estimate of drug-likeness (QED) is 0.622. The molecule has 0 spiro atoms. The number of anilines is 1. The minimum Gasteiger partial charge on any atom is -0.363 e. The fourth-order valence-electron chi connectivity index (χ4n) is 2.54. The van der Waals surface area contributed by atoms with Crippen LogP contribution in [0.4, 0.5) is 11.5 Å². The van der Waals surface area contributed by atoms with Gasteiger partial charge in [0.25, 0.3) is 0 Å². The molecule has 7 nitrogen and oxygen atoms in total. The van der Waals surface area contributed by atoms with Crippen LogP contribution in [-0.2, 0) is 13.5 Å². The maximum atomic E-state index is 11.1. The van der Waals surface area contributed by atoms with E-state index in [-0.39, 0.29) is 10.6 Å². The molecule has 0 aliphatic carbocycles. The van der Waals surface area contributed by atoms with E-state index in [0.717, 1.165) is 19.6 Å². The number of aryl methyl sites for hydroxylation is 2. The zero-order valence-corrected chi connectivity index (χ0v) is 11.6. The van der Waals surface area contributed by atoms with Crippen molar-refractivity contribution in [2.75, 3.05) is 31.5 Å². The van der Waals surface area contributed by atoms with Gasteiger partial charge in [-0.2, -0.15) is 5.10 Å². The van der Waals surface area contributed by atoms with Crippen LogP contribution in [-0.4, -0.2) is 45.8 Å². The molecule has 0 bridgehead atoms. The Kier molecular flexibility index (Phi) is 4.36. The minimum atomic E-state index is -0.343. The largest absolute Gasteiger partial charge is 0.363 e. The fraction of sp³-hybridized carbons (Fsp3) is 0.750. The molecule has 1 fully saturated rings. The summed E-state index contributed by atoms with van der Waals surface area (Å²) >= 11 is 0. The predicted molar refractivity (Wildman–Crippen MR) is 73.4 cm³/mol. The van der Waals surface area contributed by atoms with Crippen molar-refractivity contribution >= 4 is 11.5 Å². The van der Waals surface area contributed by atoms with Gasteiger partial charge < -0.3 is 10.2 Å². The standard InChI is InChI=1S/C12H21N5O2/c1-3-10-11(17(18)19)12(15(2)14-10)13-6-9-16-7-4-5-8-16/h13H,3-9H2,1-2H3. The van der Waals surface area contributed by atoms with Gasteiger partial charge in [0, 0.05) is 20.1 Å². The highest BCUT2D eigenvalue weighted by Gasteiger charge is 2.25. The van der Waals surface area contributed by atoms with Crippen LogP contribution in [0.25, 0.3) is 0 Å². The number of rotatable bonds is 6. The molecule has 0 amide bonds. The Morgan fingerprint density at radius 1 is 1.42 bits per heavy atom. The van der Waals surface area contributed by atoms with Crippen molar-refractivity contribution < 1.29 is 4.92 Å². The van der Waals surface area contributed by atoms with Gasteiger partial charge in [0.15, 0.2) is 0 Å². The molecule has 0 radical (unpaired) electrons. The Balaban J connectivity index is 2.02. The van der Waals surface area contributed by atoms with Crippen molar-refractivity contribution in [3.8, 4) is 0 Å². The third-order valence-corrected chi connectivity index (χ3v) is 3.53. The second kappa shape index (κ2) is 6.01. The van der Waals surface area contributed by atoms with Crippen LogP contribution in [0.15, 0.2) is 0 Å². The van der Waals surface area contributed by atoms with E-state index in [9.17, 15) is 10.1 Å². The van der Waals surface area contributed by atoms with Gasteiger partial charge in [0.2, 0.25) is 5.82 Å². The molecule has 1 aromatic heterocycles. The molecular weight excluding hydrogens is 246 g/mol. The van der Waals surface area contributed by atoms with Gasteiger partial charge in [0.1, 0.15) is 5.69 Å². The van der Waals surface area contributed by atoms with E-state index >= 15 is 0 Å². The highest BCUT2D eigenvalue weighted by Crippen LogP contribution is 2.28. The molecule has 0 aromatic carbocycles. The van der Waals surface area contributed by atoms with Gasteiger partial charge in [-0.05, 0) is 32.4 Å². The summed E-state index contributed by atoms with van der Waals surface area (Å²) in [5.41, 5.74) is 0.655. The second-order valence-electron chi connectivity index (χ2n) is 4.85. The molecular formula is C12H21N5O2. The first-order valence-electron chi connectivity index (χ1n) is 6.80. The summed E-state index contributed by atoms with van der Waals surface area (Å²) in [5.74, 6) is 0.515. The van der Waals surface area contributed by atoms with Crippen molar-refractivity contribution in [1.82, 2.24) is 14.7 Å². The Labute approximate surface area is 112 Å². The summed E-state index contributed by atoms with van der Waals surface area (Å²) < 4.78 is 1.57. The summed E-state index contributed by atoms with van der Waals surface area (Å²) in [5, 5.41) is 18.5. The number of likely N-dealkylation sites (tertiary alicyclic amines) is 1. The van der Waals surface area contributed by atoms with Gasteiger partial charge in [-0.1, -0.05) is 6.92 Å². The number of hydrogen-bond donors (Lipinski definition) is 1. The first-order chi connectivity index (χ1) is 9.13. The van der Waals surface area contributed by atoms with Crippen LogP contribution in [0, 0.1) is 10.1 Å². The third kappa shape index (κ3) is 3.04. The van der Waals surface area contributed by atoms with E-state index in [2.05, 4.69) is 15.3 Å². The van der Waals surface area contributed by atoms with Crippen molar-refractivity contribution in [3.05, 3.63) is 15.8 Å². The van der Waals surface area contributed by atoms with Crippen LogP contribution < -0.4 is 5.32 Å². The maximum Gasteiger partial charge on any atom is 0.333 e. The molecule has 19 heavy (non-hydrogen) atoms. The molecule has 1 N–H and O–H groups in total. The normalized spacial score (nSPS) is 15.9. The van der Waals surface area contributed by atoms with Crippen LogP contribution >= 0.6 is 0 Å². The molecule has 7 heteroatoms. The second-order valence-corrected chi connectivity index (χ2v) is 4.85. The zero-order chi connectivity index (χ0) is 13.8. The Morgan fingerprint density at radius 3 is 2.68 bits per heavy atom. The molecule has 0 atom stereocenters. The van der Waals surface area contributed by atoms with Gasteiger partial charge in [0.05, 0.1) is 4.92 Å². The topological polar surface area (TPSA) is 76.2 Å². The first kappa shape index (κ1) is 13.8. The molecule has 106 valence electrons. The Bertz CT molecular complexity index is 451. The lowest BCUT2D eigenvalue weighted by molar-refractivity contribution is -0.384. The van der Waals surface area contributed by atoms with E-state index in [1.807, 2.05) is 6.92 Å². The summed E-state index contributed by atoms with van der Waals surface area (Å²) in [4.78, 5) is 13.2. The van der Waals surface area contributed by atoms with E-state index in [1.165, 1.54) is 12.8 Å². The van der Waals surface area contributed by atoms with Crippen LogP contribution in [0.5, 0.6) is 0 Å². The summed E-state index contributed by atoms with van der Waals surface area (Å²) in [7, 11) is 1.74. The van der Waals surface area contributed by atoms with E-state index < -0.39 is 0 Å². The van der Waals surface area contributed by atoms with Crippen LogP contribution in [0.2, 0.25) is 0 Å². The lowest BCUT2D eigenvalue weighted by Crippen LogP contribution is -2.26. The predicted octanol–water partition coefficient (Wildman–Crippen LogP) is 1.40. The number of nitrogens with zero attached hydrogens (tertiary/aromatic N) is 4. The zero-order valence-electron chi connectivity index (χ0n) is 11.6. The van der Waals surface area contributed by atoms with E-state index in [1.54, 1.807) is 11.7 Å². The van der Waals surface area contributed by atoms with E-state index in [4.69, 9.17) is 0 Å². The Morgan fingerprint density at radius 2 is 2.11 bits per heavy atom. The summed E-state index contributed by atoms with van der Waals surface area (Å²) in [6, 6.07) is 0. The number of nitrogens with one attached hydrogen (secondary N) is 1. The van der Waals surface area contributed by atoms with Crippen molar-refractivity contribution in [2.45, 2.75) is 26.2 Å². The van der Waals surface area contributed by atoms with Gasteiger partial charge in [-0.15, -0.1) is 0 Å². The molecule has 2 rings (SSSR count). The van der Waals surface area contributed by atoms with E-state index in [0.29, 0.717) is 24.5 Å². The summed E-state index contributed by atoms with van der Waals surface area (Å²) in [6.07, 6.45) is 3.08. The number of nitro groups is 1.